The standard InChI is InChI=1S/C21H26FN3O3/c1-4-23-21(27)16-7-6-8-17(12-16)24-20(26)14-25(5-2)13-15-9-10-19(28-3)18(22)11-15/h6-12H,4-5,13-14H2,1-3H3,(H,23,27)(H,24,26). The number of anilines is 1. The summed E-state index contributed by atoms with van der Waals surface area (Å²) in [5.74, 6) is -0.626. The molecule has 0 fully saturated rings. The summed E-state index contributed by atoms with van der Waals surface area (Å²) in [6.07, 6.45) is 0. The Morgan fingerprint density at radius 2 is 1.93 bits per heavy atom. The van der Waals surface area contributed by atoms with Crippen molar-refractivity contribution < 1.29 is 18.7 Å². The van der Waals surface area contributed by atoms with E-state index in [2.05, 4.69) is 10.6 Å². The second kappa shape index (κ2) is 10.4. The summed E-state index contributed by atoms with van der Waals surface area (Å²) >= 11 is 0. The van der Waals surface area contributed by atoms with Crippen LogP contribution < -0.4 is 15.4 Å². The first-order valence-electron chi connectivity index (χ1n) is 9.19. The molecule has 0 aliphatic rings. The third-order valence-corrected chi connectivity index (χ3v) is 4.18. The zero-order chi connectivity index (χ0) is 20.5. The molecule has 2 rings (SSSR count). The minimum absolute atomic E-state index is 0.148. The zero-order valence-corrected chi connectivity index (χ0v) is 16.4. The lowest BCUT2D eigenvalue weighted by molar-refractivity contribution is -0.117. The largest absolute Gasteiger partial charge is 0.494 e. The van der Waals surface area contributed by atoms with Crippen molar-refractivity contribution >= 4 is 17.5 Å². The number of likely N-dealkylation sites (N-methyl/N-ethyl adjacent to an activating group) is 1. The van der Waals surface area contributed by atoms with Gasteiger partial charge in [-0.05, 0) is 49.4 Å². The Bertz CT molecular complexity index is 826. The maximum absolute atomic E-state index is 13.9. The minimum atomic E-state index is -0.428. The van der Waals surface area contributed by atoms with E-state index in [1.54, 1.807) is 36.4 Å². The van der Waals surface area contributed by atoms with E-state index in [1.165, 1.54) is 13.2 Å². The van der Waals surface area contributed by atoms with Crippen LogP contribution in [0.25, 0.3) is 0 Å². The van der Waals surface area contributed by atoms with Crippen molar-refractivity contribution in [3.63, 3.8) is 0 Å². The molecule has 2 aromatic rings. The number of rotatable bonds is 9. The van der Waals surface area contributed by atoms with E-state index in [1.807, 2.05) is 18.7 Å². The van der Waals surface area contributed by atoms with Gasteiger partial charge in [-0.25, -0.2) is 4.39 Å². The number of methoxy groups -OCH3 is 1. The molecule has 0 saturated heterocycles. The van der Waals surface area contributed by atoms with Crippen LogP contribution in [0.5, 0.6) is 5.75 Å². The molecule has 28 heavy (non-hydrogen) atoms. The average Bonchev–Trinajstić information content (AvgIpc) is 2.68. The van der Waals surface area contributed by atoms with Crippen molar-refractivity contribution in [1.29, 1.82) is 0 Å². The fraction of sp³-hybridized carbons (Fsp3) is 0.333. The van der Waals surface area contributed by atoms with E-state index >= 15 is 0 Å². The molecule has 0 aliphatic carbocycles. The molecule has 0 aromatic heterocycles. The maximum atomic E-state index is 13.9. The minimum Gasteiger partial charge on any atom is -0.494 e. The maximum Gasteiger partial charge on any atom is 0.251 e. The van der Waals surface area contributed by atoms with Gasteiger partial charge in [0.1, 0.15) is 0 Å². The number of nitrogens with zero attached hydrogens (tertiary/aromatic N) is 1. The number of carbonyl (C=O) groups excluding carboxylic acids is 2. The third-order valence-electron chi connectivity index (χ3n) is 4.18. The van der Waals surface area contributed by atoms with Gasteiger partial charge in [0.15, 0.2) is 11.6 Å². The van der Waals surface area contributed by atoms with Crippen LogP contribution in [0.4, 0.5) is 10.1 Å². The monoisotopic (exact) mass is 387 g/mol. The van der Waals surface area contributed by atoms with Crippen LogP contribution in [0.15, 0.2) is 42.5 Å². The van der Waals surface area contributed by atoms with Gasteiger partial charge in [0, 0.05) is 24.3 Å². The highest BCUT2D eigenvalue weighted by atomic mass is 19.1. The molecule has 0 unspecified atom stereocenters. The number of hydrogen-bond acceptors (Lipinski definition) is 4. The molecule has 0 bridgehead atoms. The fourth-order valence-corrected chi connectivity index (χ4v) is 2.75. The van der Waals surface area contributed by atoms with Gasteiger partial charge in [-0.15, -0.1) is 0 Å². The third kappa shape index (κ3) is 6.06. The first-order chi connectivity index (χ1) is 13.5. The predicted molar refractivity (Wildman–Crippen MR) is 107 cm³/mol. The molecule has 0 atom stereocenters. The van der Waals surface area contributed by atoms with E-state index < -0.39 is 5.82 Å². The molecule has 0 aliphatic heterocycles. The quantitative estimate of drug-likeness (QED) is 0.694. The van der Waals surface area contributed by atoms with Gasteiger partial charge in [0.25, 0.3) is 5.91 Å². The van der Waals surface area contributed by atoms with Crippen LogP contribution in [-0.2, 0) is 11.3 Å². The SMILES string of the molecule is CCNC(=O)c1cccc(NC(=O)CN(CC)Cc2ccc(OC)c(F)c2)c1. The number of amides is 2. The summed E-state index contributed by atoms with van der Waals surface area (Å²) in [5.41, 5.74) is 1.80. The van der Waals surface area contributed by atoms with E-state index in [-0.39, 0.29) is 24.1 Å². The molecule has 0 spiro atoms. The van der Waals surface area contributed by atoms with Crippen molar-refractivity contribution in [2.45, 2.75) is 20.4 Å². The molecular weight excluding hydrogens is 361 g/mol. The van der Waals surface area contributed by atoms with Crippen molar-refractivity contribution in [1.82, 2.24) is 10.2 Å². The molecule has 0 radical (unpaired) electrons. The Morgan fingerprint density at radius 3 is 2.57 bits per heavy atom. The highest BCUT2D eigenvalue weighted by molar-refractivity contribution is 5.97. The Morgan fingerprint density at radius 1 is 1.14 bits per heavy atom. The smallest absolute Gasteiger partial charge is 0.251 e. The first-order valence-corrected chi connectivity index (χ1v) is 9.19. The number of halogens is 1. The average molecular weight is 387 g/mol. The van der Waals surface area contributed by atoms with Gasteiger partial charge in [-0.1, -0.05) is 19.1 Å². The van der Waals surface area contributed by atoms with Crippen LogP contribution in [0.3, 0.4) is 0 Å². The van der Waals surface area contributed by atoms with Crippen LogP contribution in [0.2, 0.25) is 0 Å². The number of benzene rings is 2. The zero-order valence-electron chi connectivity index (χ0n) is 16.4. The molecular formula is C21H26FN3O3. The summed E-state index contributed by atoms with van der Waals surface area (Å²) in [5, 5.41) is 5.53. The van der Waals surface area contributed by atoms with E-state index in [0.29, 0.717) is 30.9 Å². The molecule has 2 aromatic carbocycles. The highest BCUT2D eigenvalue weighted by Crippen LogP contribution is 2.18. The molecule has 150 valence electrons. The molecule has 2 N–H and O–H groups in total. The lowest BCUT2D eigenvalue weighted by Crippen LogP contribution is -2.32. The van der Waals surface area contributed by atoms with Gasteiger partial charge in [-0.2, -0.15) is 0 Å². The lowest BCUT2D eigenvalue weighted by atomic mass is 10.2. The summed E-state index contributed by atoms with van der Waals surface area (Å²) < 4.78 is 18.8. The van der Waals surface area contributed by atoms with Crippen molar-refractivity contribution in [3.05, 3.63) is 59.4 Å². The lowest BCUT2D eigenvalue weighted by Gasteiger charge is -2.20. The second-order valence-corrected chi connectivity index (χ2v) is 6.26. The van der Waals surface area contributed by atoms with E-state index in [4.69, 9.17) is 4.74 Å². The van der Waals surface area contributed by atoms with Gasteiger partial charge in [-0.3, -0.25) is 14.5 Å². The number of nitrogens with one attached hydrogen (secondary N) is 2. The number of carbonyl (C=O) groups is 2. The van der Waals surface area contributed by atoms with Crippen molar-refractivity contribution in [2.75, 3.05) is 32.1 Å². The van der Waals surface area contributed by atoms with Crippen LogP contribution in [0.1, 0.15) is 29.8 Å². The summed E-state index contributed by atoms with van der Waals surface area (Å²) in [6, 6.07) is 11.5. The molecule has 6 nitrogen and oxygen atoms in total. The van der Waals surface area contributed by atoms with Crippen molar-refractivity contribution in [3.8, 4) is 5.75 Å². The van der Waals surface area contributed by atoms with E-state index in [0.717, 1.165) is 5.56 Å². The molecule has 0 saturated carbocycles. The fourth-order valence-electron chi connectivity index (χ4n) is 2.75. The van der Waals surface area contributed by atoms with E-state index in [9.17, 15) is 14.0 Å². The van der Waals surface area contributed by atoms with Gasteiger partial charge in [0.05, 0.1) is 13.7 Å². The summed E-state index contributed by atoms with van der Waals surface area (Å²) in [7, 11) is 1.42. The summed E-state index contributed by atoms with van der Waals surface area (Å²) in [4.78, 5) is 26.2. The van der Waals surface area contributed by atoms with Crippen LogP contribution >= 0.6 is 0 Å². The number of ether oxygens (including phenoxy) is 1. The van der Waals surface area contributed by atoms with Crippen LogP contribution in [-0.4, -0.2) is 43.5 Å². The Hall–Kier alpha value is -2.93. The Balaban J connectivity index is 1.98. The highest BCUT2D eigenvalue weighted by Gasteiger charge is 2.13. The van der Waals surface area contributed by atoms with Gasteiger partial charge >= 0.3 is 0 Å². The normalized spacial score (nSPS) is 10.6. The Labute approximate surface area is 164 Å². The number of hydrogen-bond donors (Lipinski definition) is 2. The second-order valence-electron chi connectivity index (χ2n) is 6.26. The van der Waals surface area contributed by atoms with Crippen molar-refractivity contribution in [2.24, 2.45) is 0 Å². The summed E-state index contributed by atoms with van der Waals surface area (Å²) in [6.45, 7) is 5.52. The molecule has 0 heterocycles. The molecule has 7 heteroatoms. The first kappa shape index (κ1) is 21.4. The topological polar surface area (TPSA) is 70.7 Å². The van der Waals surface area contributed by atoms with Crippen LogP contribution in [0, 0.1) is 5.82 Å². The molecule has 2 amide bonds. The van der Waals surface area contributed by atoms with Gasteiger partial charge < -0.3 is 15.4 Å². The van der Waals surface area contributed by atoms with Gasteiger partial charge in [0.2, 0.25) is 5.91 Å². The Kier molecular flexibility index (Phi) is 7.95. The predicted octanol–water partition coefficient (Wildman–Crippen LogP) is 3.04.